The molecule has 1 atom stereocenters. The van der Waals surface area contributed by atoms with Crippen LogP contribution in [-0.4, -0.2) is 16.4 Å². The van der Waals surface area contributed by atoms with Gasteiger partial charge in [-0.15, -0.1) is 0 Å². The zero-order valence-electron chi connectivity index (χ0n) is 10.4. The molecule has 0 saturated carbocycles. The van der Waals surface area contributed by atoms with E-state index in [1.54, 1.807) is 0 Å². The van der Waals surface area contributed by atoms with Crippen LogP contribution in [0.4, 0.5) is 0 Å². The zero-order chi connectivity index (χ0) is 13.6. The first kappa shape index (κ1) is 12.4. The van der Waals surface area contributed by atoms with E-state index in [9.17, 15) is 9.59 Å². The largest absolute Gasteiger partial charge is 0.351 e. The first-order chi connectivity index (χ1) is 9.06. The molecule has 0 aliphatic carbocycles. The Morgan fingerprint density at radius 1 is 1.37 bits per heavy atom. The Hall–Kier alpha value is -1.62. The van der Waals surface area contributed by atoms with Gasteiger partial charge in [-0.2, -0.15) is 0 Å². The molecular formula is C14H13BrN2O2. The SMILES string of the molecule is Cn1ccc2c(C3CCC(=O)NC3=O)cc(Br)cc21. The number of aryl methyl sites for hydroxylation is 1. The molecule has 1 saturated heterocycles. The van der Waals surface area contributed by atoms with Crippen LogP contribution in [0.2, 0.25) is 0 Å². The summed E-state index contributed by atoms with van der Waals surface area (Å²) in [6, 6.07) is 6.02. The van der Waals surface area contributed by atoms with Crippen molar-refractivity contribution in [3.8, 4) is 0 Å². The summed E-state index contributed by atoms with van der Waals surface area (Å²) in [7, 11) is 1.98. The van der Waals surface area contributed by atoms with Crippen molar-refractivity contribution in [2.75, 3.05) is 0 Å². The van der Waals surface area contributed by atoms with Crippen molar-refractivity contribution in [1.82, 2.24) is 9.88 Å². The van der Waals surface area contributed by atoms with E-state index < -0.39 is 0 Å². The van der Waals surface area contributed by atoms with Crippen molar-refractivity contribution >= 4 is 38.6 Å². The summed E-state index contributed by atoms with van der Waals surface area (Å²) in [6.07, 6.45) is 2.95. The van der Waals surface area contributed by atoms with Gasteiger partial charge in [-0.25, -0.2) is 0 Å². The average Bonchev–Trinajstić information content (AvgIpc) is 2.71. The van der Waals surface area contributed by atoms with Crippen LogP contribution in [0.3, 0.4) is 0 Å². The van der Waals surface area contributed by atoms with Gasteiger partial charge in [-0.3, -0.25) is 14.9 Å². The molecule has 1 aromatic carbocycles. The third kappa shape index (κ3) is 2.08. The highest BCUT2D eigenvalue weighted by molar-refractivity contribution is 9.10. The van der Waals surface area contributed by atoms with Gasteiger partial charge in [0.05, 0.1) is 5.92 Å². The molecule has 1 unspecified atom stereocenters. The predicted molar refractivity (Wildman–Crippen MR) is 75.7 cm³/mol. The molecule has 1 fully saturated rings. The fourth-order valence-electron chi connectivity index (χ4n) is 2.64. The molecule has 1 aromatic heterocycles. The third-order valence-corrected chi connectivity index (χ3v) is 4.07. The van der Waals surface area contributed by atoms with Crippen LogP contribution in [0.25, 0.3) is 10.9 Å². The number of nitrogens with one attached hydrogen (secondary N) is 1. The van der Waals surface area contributed by atoms with Crippen molar-refractivity contribution in [3.63, 3.8) is 0 Å². The summed E-state index contributed by atoms with van der Waals surface area (Å²) in [5, 5.41) is 3.49. The van der Waals surface area contributed by atoms with Crippen molar-refractivity contribution in [2.45, 2.75) is 18.8 Å². The van der Waals surface area contributed by atoms with Crippen LogP contribution < -0.4 is 5.32 Å². The van der Waals surface area contributed by atoms with Gasteiger partial charge in [0.2, 0.25) is 11.8 Å². The second-order valence-electron chi connectivity index (χ2n) is 4.86. The maximum Gasteiger partial charge on any atom is 0.234 e. The molecule has 2 aromatic rings. The van der Waals surface area contributed by atoms with Crippen molar-refractivity contribution < 1.29 is 9.59 Å². The number of piperidine rings is 1. The first-order valence-corrected chi connectivity index (χ1v) is 6.94. The van der Waals surface area contributed by atoms with Crippen LogP contribution in [0.1, 0.15) is 24.3 Å². The second kappa shape index (κ2) is 4.49. The van der Waals surface area contributed by atoms with Crippen molar-refractivity contribution in [3.05, 3.63) is 34.4 Å². The lowest BCUT2D eigenvalue weighted by Gasteiger charge is -2.22. The summed E-state index contributed by atoms with van der Waals surface area (Å²) in [5.41, 5.74) is 2.06. The molecule has 2 heterocycles. The minimum absolute atomic E-state index is 0.180. The van der Waals surface area contributed by atoms with Crippen molar-refractivity contribution in [2.24, 2.45) is 7.05 Å². The number of aromatic nitrogens is 1. The lowest BCUT2D eigenvalue weighted by atomic mass is 9.88. The summed E-state index contributed by atoms with van der Waals surface area (Å²) < 4.78 is 2.97. The highest BCUT2D eigenvalue weighted by Gasteiger charge is 2.29. The summed E-state index contributed by atoms with van der Waals surface area (Å²) in [6.45, 7) is 0. The van der Waals surface area contributed by atoms with Crippen LogP contribution in [0, 0.1) is 0 Å². The van der Waals surface area contributed by atoms with Crippen LogP contribution in [-0.2, 0) is 16.6 Å². The highest BCUT2D eigenvalue weighted by Crippen LogP contribution is 2.33. The number of carbonyl (C=O) groups excluding carboxylic acids is 2. The Labute approximate surface area is 118 Å². The van der Waals surface area contributed by atoms with Crippen LogP contribution in [0.15, 0.2) is 28.9 Å². The fourth-order valence-corrected chi connectivity index (χ4v) is 3.11. The molecule has 0 spiro atoms. The van der Waals surface area contributed by atoms with Gasteiger partial charge in [-0.05, 0) is 30.2 Å². The summed E-state index contributed by atoms with van der Waals surface area (Å²) in [5.74, 6) is -0.625. The lowest BCUT2D eigenvalue weighted by molar-refractivity contribution is -0.134. The molecule has 1 N–H and O–H groups in total. The number of amides is 2. The van der Waals surface area contributed by atoms with Gasteiger partial charge in [-0.1, -0.05) is 15.9 Å². The lowest BCUT2D eigenvalue weighted by Crippen LogP contribution is -2.39. The van der Waals surface area contributed by atoms with Crippen LogP contribution >= 0.6 is 15.9 Å². The maximum atomic E-state index is 12.0. The Kier molecular flexibility index (Phi) is 2.93. The summed E-state index contributed by atoms with van der Waals surface area (Å²) in [4.78, 5) is 23.3. The average molecular weight is 321 g/mol. The molecular weight excluding hydrogens is 308 g/mol. The molecule has 98 valence electrons. The molecule has 4 nitrogen and oxygen atoms in total. The van der Waals surface area contributed by atoms with E-state index in [0.29, 0.717) is 12.8 Å². The molecule has 1 aliphatic heterocycles. The number of halogens is 1. The van der Waals surface area contributed by atoms with E-state index in [1.807, 2.05) is 36.0 Å². The van der Waals surface area contributed by atoms with Gasteiger partial charge < -0.3 is 4.57 Å². The van der Waals surface area contributed by atoms with Crippen LogP contribution in [0.5, 0.6) is 0 Å². The minimum Gasteiger partial charge on any atom is -0.351 e. The number of fused-ring (bicyclic) bond motifs is 1. The molecule has 5 heteroatoms. The molecule has 0 radical (unpaired) electrons. The number of hydrogen-bond donors (Lipinski definition) is 1. The number of rotatable bonds is 1. The van der Waals surface area contributed by atoms with E-state index in [2.05, 4.69) is 21.2 Å². The zero-order valence-corrected chi connectivity index (χ0v) is 12.0. The fraction of sp³-hybridized carbons (Fsp3) is 0.286. The van der Waals surface area contributed by atoms with Gasteiger partial charge in [0.15, 0.2) is 0 Å². The van der Waals surface area contributed by atoms with E-state index >= 15 is 0 Å². The second-order valence-corrected chi connectivity index (χ2v) is 5.77. The third-order valence-electron chi connectivity index (χ3n) is 3.61. The monoisotopic (exact) mass is 320 g/mol. The van der Waals surface area contributed by atoms with Gasteiger partial charge >= 0.3 is 0 Å². The number of nitrogens with zero attached hydrogens (tertiary/aromatic N) is 1. The molecule has 0 bridgehead atoms. The maximum absolute atomic E-state index is 12.0. The summed E-state index contributed by atoms with van der Waals surface area (Å²) >= 11 is 3.49. The molecule has 1 aliphatic rings. The molecule has 2 amide bonds. The topological polar surface area (TPSA) is 51.1 Å². The molecule has 19 heavy (non-hydrogen) atoms. The molecule has 3 rings (SSSR count). The Balaban J connectivity index is 2.14. The number of imide groups is 1. The van der Waals surface area contributed by atoms with E-state index in [4.69, 9.17) is 0 Å². The van der Waals surface area contributed by atoms with E-state index in [0.717, 1.165) is 20.9 Å². The van der Waals surface area contributed by atoms with Gasteiger partial charge in [0.25, 0.3) is 0 Å². The standard InChI is InChI=1S/C14H13BrN2O2/c1-17-5-4-9-11(6-8(15)7-12(9)17)10-2-3-13(18)16-14(10)19/h4-7,10H,2-3H2,1H3,(H,16,18,19). The number of benzene rings is 1. The minimum atomic E-state index is -0.250. The van der Waals surface area contributed by atoms with E-state index in [-0.39, 0.29) is 17.7 Å². The Morgan fingerprint density at radius 3 is 2.89 bits per heavy atom. The van der Waals surface area contributed by atoms with Gasteiger partial charge in [0.1, 0.15) is 0 Å². The number of carbonyl (C=O) groups is 2. The van der Waals surface area contributed by atoms with Gasteiger partial charge in [0, 0.05) is 35.0 Å². The van der Waals surface area contributed by atoms with E-state index in [1.165, 1.54) is 0 Å². The quantitative estimate of drug-likeness (QED) is 0.821. The Morgan fingerprint density at radius 2 is 2.16 bits per heavy atom. The highest BCUT2D eigenvalue weighted by atomic mass is 79.9. The van der Waals surface area contributed by atoms with Crippen molar-refractivity contribution in [1.29, 1.82) is 0 Å². The first-order valence-electron chi connectivity index (χ1n) is 6.14. The smallest absolute Gasteiger partial charge is 0.234 e. The number of hydrogen-bond acceptors (Lipinski definition) is 2. The normalized spacial score (nSPS) is 19.8. The predicted octanol–water partition coefficient (Wildman–Crippen LogP) is 2.46. The Bertz CT molecular complexity index is 690.